The molecule has 0 aromatic carbocycles. The van der Waals surface area contributed by atoms with Crippen LogP contribution in [0.25, 0.3) is 0 Å². The second kappa shape index (κ2) is 8.31. The molecular weight excluding hydrogens is 300 g/mol. The Morgan fingerprint density at radius 3 is 2.50 bits per heavy atom. The van der Waals surface area contributed by atoms with Crippen molar-refractivity contribution in [1.82, 2.24) is 15.6 Å². The average Bonchev–Trinajstić information content (AvgIpc) is 2.74. The van der Waals surface area contributed by atoms with Crippen LogP contribution in [0.2, 0.25) is 0 Å². The Morgan fingerprint density at radius 1 is 1.32 bits per heavy atom. The second-order valence-corrected chi connectivity index (χ2v) is 8.36. The lowest BCUT2D eigenvalue weighted by Crippen LogP contribution is -2.40. The van der Waals surface area contributed by atoms with Gasteiger partial charge >= 0.3 is 0 Å². The number of aliphatic imine (C=N–C) groups is 1. The van der Waals surface area contributed by atoms with Crippen molar-refractivity contribution in [2.45, 2.75) is 52.8 Å². The molecule has 0 saturated heterocycles. The summed E-state index contributed by atoms with van der Waals surface area (Å²) < 4.78 is 17.3. The zero-order valence-corrected chi connectivity index (χ0v) is 15.3. The van der Waals surface area contributed by atoms with Gasteiger partial charge in [0.25, 0.3) is 0 Å². The summed E-state index contributed by atoms with van der Waals surface area (Å²) in [5.41, 5.74) is 0.892. The highest BCUT2D eigenvalue weighted by Gasteiger charge is 2.18. The molecule has 0 radical (unpaired) electrons. The van der Waals surface area contributed by atoms with E-state index in [0.717, 1.165) is 18.0 Å². The molecule has 0 aliphatic rings. The Hall–Kier alpha value is -1.37. The van der Waals surface area contributed by atoms with E-state index in [1.54, 1.807) is 0 Å². The minimum absolute atomic E-state index is 0.190. The monoisotopic (exact) mass is 328 g/mol. The molecule has 1 unspecified atom stereocenters. The minimum atomic E-state index is -0.873. The van der Waals surface area contributed by atoms with Crippen LogP contribution in [0.4, 0.5) is 0 Å². The van der Waals surface area contributed by atoms with E-state index in [0.29, 0.717) is 30.7 Å². The van der Waals surface area contributed by atoms with Gasteiger partial charge in [0.1, 0.15) is 12.3 Å². The first-order valence-corrected chi connectivity index (χ1v) is 8.89. The predicted molar refractivity (Wildman–Crippen MR) is 91.6 cm³/mol. The van der Waals surface area contributed by atoms with Gasteiger partial charge in [-0.15, -0.1) is 0 Å². The van der Waals surface area contributed by atoms with Crippen LogP contribution in [-0.2, 0) is 17.3 Å². The van der Waals surface area contributed by atoms with E-state index in [9.17, 15) is 4.21 Å². The summed E-state index contributed by atoms with van der Waals surface area (Å²) in [4.78, 5) is 8.74. The van der Waals surface area contributed by atoms with Crippen LogP contribution < -0.4 is 10.6 Å². The molecule has 0 aliphatic carbocycles. The molecule has 126 valence electrons. The topological polar surface area (TPSA) is 79.5 Å². The minimum Gasteiger partial charge on any atom is -0.444 e. The number of hydrogen-bond acceptors (Lipinski definition) is 4. The lowest BCUT2D eigenvalue weighted by molar-refractivity contribution is 0.473. The van der Waals surface area contributed by atoms with Crippen LogP contribution >= 0.6 is 0 Å². The van der Waals surface area contributed by atoms with E-state index in [1.165, 1.54) is 0 Å². The second-order valence-electron chi connectivity index (χ2n) is 6.03. The van der Waals surface area contributed by atoms with E-state index < -0.39 is 10.8 Å². The van der Waals surface area contributed by atoms with Gasteiger partial charge in [0.05, 0.1) is 5.69 Å². The maximum absolute atomic E-state index is 12.0. The van der Waals surface area contributed by atoms with Gasteiger partial charge in [-0.2, -0.15) is 0 Å². The van der Waals surface area contributed by atoms with Gasteiger partial charge in [0.15, 0.2) is 5.96 Å². The van der Waals surface area contributed by atoms with Crippen molar-refractivity contribution in [1.29, 1.82) is 0 Å². The molecule has 7 heteroatoms. The Labute approximate surface area is 135 Å². The van der Waals surface area contributed by atoms with Gasteiger partial charge in [0, 0.05) is 34.4 Å². The molecule has 1 heterocycles. The highest BCUT2D eigenvalue weighted by molar-refractivity contribution is 7.86. The van der Waals surface area contributed by atoms with Crippen LogP contribution in [0.3, 0.4) is 0 Å². The predicted octanol–water partition coefficient (Wildman–Crippen LogP) is 1.89. The molecule has 1 rings (SSSR count). The maximum Gasteiger partial charge on any atom is 0.216 e. The number of hydrogen-bond donors (Lipinski definition) is 2. The van der Waals surface area contributed by atoms with E-state index in [-0.39, 0.29) is 4.75 Å². The third-order valence-corrected chi connectivity index (χ3v) is 4.99. The Bertz CT molecular complexity index is 513. The normalized spacial score (nSPS) is 14.0. The van der Waals surface area contributed by atoms with Crippen molar-refractivity contribution in [2.75, 3.05) is 18.8 Å². The van der Waals surface area contributed by atoms with Gasteiger partial charge < -0.3 is 15.1 Å². The molecule has 0 amide bonds. The van der Waals surface area contributed by atoms with Crippen molar-refractivity contribution in [3.05, 3.63) is 17.3 Å². The van der Waals surface area contributed by atoms with Crippen LogP contribution in [0.5, 0.6) is 0 Å². The number of aromatic nitrogens is 1. The molecule has 6 nitrogen and oxygen atoms in total. The van der Waals surface area contributed by atoms with E-state index in [4.69, 9.17) is 4.42 Å². The summed E-state index contributed by atoms with van der Waals surface area (Å²) in [6.07, 6.45) is 0. The fourth-order valence-electron chi connectivity index (χ4n) is 1.66. The Balaban J connectivity index is 2.54. The van der Waals surface area contributed by atoms with Crippen molar-refractivity contribution < 1.29 is 8.63 Å². The van der Waals surface area contributed by atoms with Crippen molar-refractivity contribution >= 4 is 16.8 Å². The molecule has 0 spiro atoms. The van der Waals surface area contributed by atoms with Gasteiger partial charge in [0.2, 0.25) is 5.89 Å². The van der Waals surface area contributed by atoms with Gasteiger partial charge in [-0.25, -0.2) is 9.98 Å². The Morgan fingerprint density at radius 2 is 2.00 bits per heavy atom. The summed E-state index contributed by atoms with van der Waals surface area (Å²) in [6.45, 7) is 13.5. The van der Waals surface area contributed by atoms with Crippen LogP contribution in [0.15, 0.2) is 9.41 Å². The molecule has 0 bridgehead atoms. The first kappa shape index (κ1) is 18.7. The van der Waals surface area contributed by atoms with Crippen molar-refractivity contribution in [2.24, 2.45) is 4.99 Å². The van der Waals surface area contributed by atoms with Gasteiger partial charge in [-0.3, -0.25) is 4.21 Å². The maximum atomic E-state index is 12.0. The Kier molecular flexibility index (Phi) is 7.06. The highest BCUT2D eigenvalue weighted by atomic mass is 32.2. The number of nitrogens with one attached hydrogen (secondary N) is 2. The van der Waals surface area contributed by atoms with Gasteiger partial charge in [-0.1, -0.05) is 0 Å². The molecular formula is C15H28N4O2S. The fraction of sp³-hybridized carbons (Fsp3) is 0.733. The largest absolute Gasteiger partial charge is 0.444 e. The zero-order valence-electron chi connectivity index (χ0n) is 14.4. The molecule has 22 heavy (non-hydrogen) atoms. The smallest absolute Gasteiger partial charge is 0.216 e. The fourth-order valence-corrected chi connectivity index (χ4v) is 2.56. The summed E-state index contributed by atoms with van der Waals surface area (Å²) in [6, 6.07) is 0. The standard InChI is InChI=1S/C15H28N4O2S/c1-7-16-14(17-8-9-22(20)15(4,5)6)18-10-13-19-11(2)12(3)21-13/h7-10H2,1-6H3,(H2,16,17,18). The summed E-state index contributed by atoms with van der Waals surface area (Å²) in [5.74, 6) is 2.70. The summed E-state index contributed by atoms with van der Waals surface area (Å²) in [5, 5.41) is 6.35. The molecule has 1 aromatic heterocycles. The third-order valence-electron chi connectivity index (χ3n) is 3.05. The van der Waals surface area contributed by atoms with Gasteiger partial charge in [-0.05, 0) is 41.5 Å². The zero-order chi connectivity index (χ0) is 16.8. The van der Waals surface area contributed by atoms with Crippen molar-refractivity contribution in [3.63, 3.8) is 0 Å². The SMILES string of the molecule is CCNC(=NCc1nc(C)c(C)o1)NCCS(=O)C(C)(C)C. The van der Waals surface area contributed by atoms with E-state index in [2.05, 4.69) is 20.6 Å². The molecule has 0 fully saturated rings. The van der Waals surface area contributed by atoms with Crippen LogP contribution in [0.1, 0.15) is 45.0 Å². The number of guanidine groups is 1. The summed E-state index contributed by atoms with van der Waals surface area (Å²) >= 11 is 0. The first-order chi connectivity index (χ1) is 10.2. The summed E-state index contributed by atoms with van der Waals surface area (Å²) in [7, 11) is -0.873. The van der Waals surface area contributed by atoms with E-state index >= 15 is 0 Å². The quantitative estimate of drug-likeness (QED) is 0.616. The first-order valence-electron chi connectivity index (χ1n) is 7.57. The number of rotatable bonds is 6. The third kappa shape index (κ3) is 6.17. The number of aryl methyl sites for hydroxylation is 2. The molecule has 1 atom stereocenters. The number of nitrogens with zero attached hydrogens (tertiary/aromatic N) is 2. The molecule has 0 saturated carbocycles. The lowest BCUT2D eigenvalue weighted by atomic mass is 10.3. The average molecular weight is 328 g/mol. The van der Waals surface area contributed by atoms with Crippen molar-refractivity contribution in [3.8, 4) is 0 Å². The molecule has 2 N–H and O–H groups in total. The molecule has 0 aliphatic heterocycles. The van der Waals surface area contributed by atoms with Crippen LogP contribution in [-0.4, -0.2) is 38.7 Å². The van der Waals surface area contributed by atoms with E-state index in [1.807, 2.05) is 41.5 Å². The lowest BCUT2D eigenvalue weighted by Gasteiger charge is -2.18. The molecule has 1 aromatic rings. The number of oxazole rings is 1. The van der Waals surface area contributed by atoms with Crippen LogP contribution in [0, 0.1) is 13.8 Å². The highest BCUT2D eigenvalue weighted by Crippen LogP contribution is 2.10.